The van der Waals surface area contributed by atoms with Gasteiger partial charge in [0, 0.05) is 29.8 Å². The number of halogens is 2. The summed E-state index contributed by atoms with van der Waals surface area (Å²) in [5.74, 6) is 1.36. The number of esters is 1. The molecule has 0 saturated carbocycles. The highest BCUT2D eigenvalue weighted by molar-refractivity contribution is 14.1. The van der Waals surface area contributed by atoms with E-state index in [1.54, 1.807) is 0 Å². The van der Waals surface area contributed by atoms with Crippen LogP contribution in [-0.4, -0.2) is 44.2 Å². The predicted molar refractivity (Wildman–Crippen MR) is 168 cm³/mol. The molecule has 202 valence electrons. The standard InChI is InChI=1S/C30H39I2NO4/c1-7-10-14-25-26(21-13-11-12-15-24(21)37-25)27(30(4,5)29(34)35-6)20-18-22(31)28(23(32)19-20)36-17-16-33(8-2)9-3/h11-13,15,18-19,27H,7-10,14,16-17H2,1-6H3. The molecule has 0 aliphatic rings. The maximum Gasteiger partial charge on any atom is 0.312 e. The van der Waals surface area contributed by atoms with E-state index in [1.165, 1.54) is 7.11 Å². The van der Waals surface area contributed by atoms with Gasteiger partial charge in [0.05, 0.1) is 19.7 Å². The van der Waals surface area contributed by atoms with Crippen molar-refractivity contribution in [2.75, 3.05) is 33.4 Å². The Kier molecular flexibility index (Phi) is 11.1. The first kappa shape index (κ1) is 30.2. The number of hydrogen-bond donors (Lipinski definition) is 0. The maximum absolute atomic E-state index is 13.2. The van der Waals surface area contributed by atoms with Crippen LogP contribution >= 0.6 is 45.2 Å². The number of likely N-dealkylation sites (N-methyl/N-ethyl adjacent to an activating group) is 1. The van der Waals surface area contributed by atoms with Crippen LogP contribution in [0, 0.1) is 12.6 Å². The van der Waals surface area contributed by atoms with Crippen LogP contribution in [0.1, 0.15) is 70.3 Å². The molecule has 1 heterocycles. The molecule has 37 heavy (non-hydrogen) atoms. The Morgan fingerprint density at radius 3 is 2.32 bits per heavy atom. The highest BCUT2D eigenvalue weighted by Crippen LogP contribution is 2.48. The summed E-state index contributed by atoms with van der Waals surface area (Å²) in [7, 11) is 1.47. The molecular formula is C30H39I2NO4. The molecule has 1 unspecified atom stereocenters. The van der Waals surface area contributed by atoms with Gasteiger partial charge < -0.3 is 18.8 Å². The van der Waals surface area contributed by atoms with Crippen LogP contribution < -0.4 is 4.74 Å². The number of rotatable bonds is 13. The van der Waals surface area contributed by atoms with E-state index < -0.39 is 5.41 Å². The second-order valence-electron chi connectivity index (χ2n) is 9.87. The second kappa shape index (κ2) is 13.6. The van der Waals surface area contributed by atoms with Crippen molar-refractivity contribution in [3.63, 3.8) is 0 Å². The Morgan fingerprint density at radius 1 is 1.08 bits per heavy atom. The van der Waals surface area contributed by atoms with E-state index in [4.69, 9.17) is 13.9 Å². The van der Waals surface area contributed by atoms with Crippen molar-refractivity contribution in [3.05, 3.63) is 60.4 Å². The number of unbranched alkanes of at least 4 members (excludes halogenated alkanes) is 1. The monoisotopic (exact) mass is 731 g/mol. The van der Waals surface area contributed by atoms with Gasteiger partial charge in [-0.05, 0) is 102 Å². The molecule has 0 aliphatic heterocycles. The summed E-state index contributed by atoms with van der Waals surface area (Å²) in [6.45, 7) is 14.0. The van der Waals surface area contributed by atoms with Gasteiger partial charge in [0.25, 0.3) is 0 Å². The zero-order chi connectivity index (χ0) is 27.2. The predicted octanol–water partition coefficient (Wildman–Crippen LogP) is 8.04. The summed E-state index contributed by atoms with van der Waals surface area (Å²) in [6.07, 6.45) is 2.92. The first-order chi connectivity index (χ1) is 17.7. The van der Waals surface area contributed by atoms with Crippen LogP contribution in [0.25, 0.3) is 11.0 Å². The topological polar surface area (TPSA) is 51.9 Å². The van der Waals surface area contributed by atoms with Crippen LogP contribution in [0.4, 0.5) is 0 Å². The third-order valence-electron chi connectivity index (χ3n) is 7.09. The number of furan rings is 1. The summed E-state index contributed by atoms with van der Waals surface area (Å²) < 4.78 is 20.1. The fraction of sp³-hybridized carbons (Fsp3) is 0.500. The van der Waals surface area contributed by atoms with Crippen LogP contribution in [0.5, 0.6) is 5.75 Å². The van der Waals surface area contributed by atoms with Gasteiger partial charge in [-0.2, -0.15) is 0 Å². The minimum absolute atomic E-state index is 0.242. The highest BCUT2D eigenvalue weighted by atomic mass is 127. The van der Waals surface area contributed by atoms with E-state index in [0.29, 0.717) is 6.61 Å². The third kappa shape index (κ3) is 6.82. The van der Waals surface area contributed by atoms with Gasteiger partial charge in [-0.15, -0.1) is 0 Å². The minimum Gasteiger partial charge on any atom is -0.490 e. The average Bonchev–Trinajstić information content (AvgIpc) is 3.24. The lowest BCUT2D eigenvalue weighted by Gasteiger charge is -2.33. The number of ether oxygens (including phenoxy) is 2. The van der Waals surface area contributed by atoms with E-state index in [2.05, 4.69) is 89.1 Å². The van der Waals surface area contributed by atoms with Gasteiger partial charge in [0.2, 0.25) is 0 Å². The minimum atomic E-state index is -0.820. The average molecular weight is 731 g/mol. The van der Waals surface area contributed by atoms with E-state index >= 15 is 0 Å². The fourth-order valence-corrected chi connectivity index (χ4v) is 7.11. The van der Waals surface area contributed by atoms with Crippen molar-refractivity contribution >= 4 is 62.1 Å². The number of para-hydroxylation sites is 1. The van der Waals surface area contributed by atoms with Crippen LogP contribution in [0.3, 0.4) is 0 Å². The van der Waals surface area contributed by atoms with Crippen molar-refractivity contribution in [1.29, 1.82) is 0 Å². The molecule has 3 rings (SSSR count). The summed E-state index contributed by atoms with van der Waals surface area (Å²) in [6, 6.07) is 12.5. The molecule has 0 fully saturated rings. The molecule has 0 saturated heterocycles. The lowest BCUT2D eigenvalue weighted by atomic mass is 9.70. The van der Waals surface area contributed by atoms with E-state index in [0.717, 1.165) is 79.6 Å². The number of nitrogens with zero attached hydrogens (tertiary/aromatic N) is 1. The molecule has 0 N–H and O–H groups in total. The first-order valence-corrected chi connectivity index (χ1v) is 15.3. The molecule has 7 heteroatoms. The molecular weight excluding hydrogens is 692 g/mol. The number of fused-ring (bicyclic) bond motifs is 1. The molecule has 0 bridgehead atoms. The quantitative estimate of drug-likeness (QED) is 0.132. The molecule has 0 amide bonds. The maximum atomic E-state index is 13.2. The Labute approximate surface area is 248 Å². The number of hydrogen-bond acceptors (Lipinski definition) is 5. The number of carbonyl (C=O) groups excluding carboxylic acids is 1. The molecule has 0 aliphatic carbocycles. The van der Waals surface area contributed by atoms with Crippen molar-refractivity contribution in [1.82, 2.24) is 4.90 Å². The number of benzene rings is 2. The number of methoxy groups -OCH3 is 1. The van der Waals surface area contributed by atoms with Crippen LogP contribution in [0.2, 0.25) is 0 Å². The highest BCUT2D eigenvalue weighted by Gasteiger charge is 2.43. The largest absolute Gasteiger partial charge is 0.490 e. The normalized spacial score (nSPS) is 12.8. The second-order valence-corrected chi connectivity index (χ2v) is 12.2. The van der Waals surface area contributed by atoms with E-state index in [-0.39, 0.29) is 11.9 Å². The zero-order valence-corrected chi connectivity index (χ0v) is 27.1. The van der Waals surface area contributed by atoms with E-state index in [1.807, 2.05) is 32.0 Å². The van der Waals surface area contributed by atoms with Crippen LogP contribution in [-0.2, 0) is 16.0 Å². The SMILES string of the molecule is CCCCc1oc2ccccc2c1C(c1cc(I)c(OCCN(CC)CC)c(I)c1)C(C)(C)C(=O)OC. The summed E-state index contributed by atoms with van der Waals surface area (Å²) in [5, 5.41) is 1.06. The van der Waals surface area contributed by atoms with Crippen LogP contribution in [0.15, 0.2) is 40.8 Å². The zero-order valence-electron chi connectivity index (χ0n) is 22.8. The Balaban J connectivity index is 2.14. The summed E-state index contributed by atoms with van der Waals surface area (Å²) >= 11 is 4.72. The van der Waals surface area contributed by atoms with Gasteiger partial charge in [-0.1, -0.05) is 45.4 Å². The van der Waals surface area contributed by atoms with Crippen molar-refractivity contribution < 1.29 is 18.7 Å². The molecule has 1 atom stereocenters. The molecule has 0 radical (unpaired) electrons. The van der Waals surface area contributed by atoms with Gasteiger partial charge in [0.1, 0.15) is 23.7 Å². The molecule has 5 nitrogen and oxygen atoms in total. The molecule has 1 aromatic heterocycles. The lowest BCUT2D eigenvalue weighted by Crippen LogP contribution is -2.34. The molecule has 2 aromatic carbocycles. The van der Waals surface area contributed by atoms with Crippen molar-refractivity contribution in [2.24, 2.45) is 5.41 Å². The number of aryl methyl sites for hydroxylation is 1. The van der Waals surface area contributed by atoms with Gasteiger partial charge >= 0.3 is 5.97 Å². The third-order valence-corrected chi connectivity index (χ3v) is 8.69. The Morgan fingerprint density at radius 2 is 1.73 bits per heavy atom. The van der Waals surface area contributed by atoms with E-state index in [9.17, 15) is 4.79 Å². The Bertz CT molecular complexity index is 1180. The van der Waals surface area contributed by atoms with Crippen molar-refractivity contribution in [2.45, 2.75) is 59.8 Å². The fourth-order valence-electron chi connectivity index (χ4n) is 4.98. The summed E-state index contributed by atoms with van der Waals surface area (Å²) in [4.78, 5) is 15.6. The lowest BCUT2D eigenvalue weighted by molar-refractivity contribution is -0.151. The van der Waals surface area contributed by atoms with Gasteiger partial charge in [0.15, 0.2) is 0 Å². The molecule has 0 spiro atoms. The Hall–Kier alpha value is -1.33. The first-order valence-electron chi connectivity index (χ1n) is 13.1. The molecule has 3 aromatic rings. The van der Waals surface area contributed by atoms with Crippen molar-refractivity contribution in [3.8, 4) is 5.75 Å². The number of carbonyl (C=O) groups is 1. The van der Waals surface area contributed by atoms with Gasteiger partial charge in [-0.3, -0.25) is 4.79 Å². The smallest absolute Gasteiger partial charge is 0.312 e. The van der Waals surface area contributed by atoms with Gasteiger partial charge in [-0.25, -0.2) is 0 Å². The summed E-state index contributed by atoms with van der Waals surface area (Å²) in [5.41, 5.74) is 2.18.